The quantitative estimate of drug-likeness (QED) is 0.680. The van der Waals surface area contributed by atoms with E-state index >= 15 is 0 Å². The van der Waals surface area contributed by atoms with Crippen molar-refractivity contribution in [3.8, 4) is 5.75 Å². The molecule has 0 bridgehead atoms. The van der Waals surface area contributed by atoms with E-state index in [0.29, 0.717) is 12.5 Å². The first-order valence-corrected chi connectivity index (χ1v) is 12.9. The predicted molar refractivity (Wildman–Crippen MR) is 138 cm³/mol. The minimum Gasteiger partial charge on any atom is -0.493 e. The number of likely N-dealkylation sites (N-methyl/N-ethyl adjacent to an activating group) is 1. The molecule has 3 aliphatic heterocycles. The van der Waals surface area contributed by atoms with Gasteiger partial charge in [0.2, 0.25) is 0 Å². The molecule has 3 heterocycles. The Kier molecular flexibility index (Phi) is 7.40. The van der Waals surface area contributed by atoms with Crippen LogP contribution in [0.2, 0.25) is 0 Å². The van der Waals surface area contributed by atoms with Gasteiger partial charge in [-0.2, -0.15) is 0 Å². The van der Waals surface area contributed by atoms with Gasteiger partial charge in [0.25, 0.3) is 0 Å². The largest absolute Gasteiger partial charge is 0.493 e. The van der Waals surface area contributed by atoms with Gasteiger partial charge in [0, 0.05) is 77.1 Å². The maximum atomic E-state index is 10.9. The van der Waals surface area contributed by atoms with Crippen molar-refractivity contribution in [3.05, 3.63) is 59.2 Å². The predicted octanol–water partition coefficient (Wildman–Crippen LogP) is 2.69. The van der Waals surface area contributed by atoms with E-state index in [9.17, 15) is 5.11 Å². The molecule has 0 aromatic heterocycles. The third-order valence-corrected chi connectivity index (χ3v) is 7.74. The number of hydrogen-bond acceptors (Lipinski definition) is 6. The molecule has 6 heteroatoms. The van der Waals surface area contributed by atoms with Gasteiger partial charge in [-0.05, 0) is 49.2 Å². The molecule has 6 nitrogen and oxygen atoms in total. The van der Waals surface area contributed by atoms with Gasteiger partial charge in [-0.3, -0.25) is 9.80 Å². The Hall–Kier alpha value is -2.12. The second-order valence-electron chi connectivity index (χ2n) is 10.6. The molecule has 2 aromatic carbocycles. The van der Waals surface area contributed by atoms with Crippen molar-refractivity contribution in [2.24, 2.45) is 5.92 Å². The number of benzene rings is 2. The maximum absolute atomic E-state index is 10.9. The smallest absolute Gasteiger partial charge is 0.121 e. The number of likely N-dealkylation sites (tertiary alicyclic amines) is 1. The molecule has 2 unspecified atom stereocenters. The van der Waals surface area contributed by atoms with E-state index in [1.165, 1.54) is 35.3 Å². The van der Waals surface area contributed by atoms with Crippen LogP contribution in [0.15, 0.2) is 42.5 Å². The summed E-state index contributed by atoms with van der Waals surface area (Å²) in [7, 11) is 4.35. The molecule has 5 rings (SSSR count). The van der Waals surface area contributed by atoms with Crippen LogP contribution >= 0.6 is 0 Å². The highest BCUT2D eigenvalue weighted by molar-refractivity contribution is 5.57. The van der Waals surface area contributed by atoms with Gasteiger partial charge in [0.1, 0.15) is 5.75 Å². The van der Waals surface area contributed by atoms with Crippen LogP contribution in [0.5, 0.6) is 5.75 Å². The molecule has 2 aromatic rings. The molecule has 0 aliphatic carbocycles. The molecule has 2 atom stereocenters. The molecular formula is C28H40N4O2. The standard InChI is InChI=1S/C28H40N4O2/c1-29-11-9-22(16-29)21-34-27-8-7-25-18-32(14-13-30(2)28(25)15-27)20-26(33)19-31-12-10-23-5-3-4-6-24(23)17-31/h3-8,15,22,26,33H,9-14,16-21H2,1-2H3. The first kappa shape index (κ1) is 23.6. The van der Waals surface area contributed by atoms with Crippen molar-refractivity contribution < 1.29 is 9.84 Å². The van der Waals surface area contributed by atoms with Gasteiger partial charge in [0.05, 0.1) is 12.7 Å². The minimum absolute atomic E-state index is 0.343. The molecule has 184 valence electrons. The zero-order chi connectivity index (χ0) is 23.5. The van der Waals surface area contributed by atoms with E-state index in [0.717, 1.165) is 64.6 Å². The van der Waals surface area contributed by atoms with Gasteiger partial charge in [0.15, 0.2) is 0 Å². The number of β-amino-alcohol motifs (C(OH)–C–C–N with tert-alkyl or cyclic N) is 1. The molecular weight excluding hydrogens is 424 g/mol. The summed E-state index contributed by atoms with van der Waals surface area (Å²) >= 11 is 0. The van der Waals surface area contributed by atoms with Crippen LogP contribution in [0.4, 0.5) is 5.69 Å². The lowest BCUT2D eigenvalue weighted by Crippen LogP contribution is -2.42. The summed E-state index contributed by atoms with van der Waals surface area (Å²) < 4.78 is 6.18. The summed E-state index contributed by atoms with van der Waals surface area (Å²) in [6, 6.07) is 15.2. The summed E-state index contributed by atoms with van der Waals surface area (Å²) in [4.78, 5) is 9.52. The van der Waals surface area contributed by atoms with E-state index < -0.39 is 0 Å². The Labute approximate surface area is 204 Å². The van der Waals surface area contributed by atoms with Crippen molar-refractivity contribution >= 4 is 5.69 Å². The van der Waals surface area contributed by atoms with Gasteiger partial charge in [-0.1, -0.05) is 30.3 Å². The molecule has 0 amide bonds. The fourth-order valence-corrected chi connectivity index (χ4v) is 5.75. The molecule has 1 N–H and O–H groups in total. The summed E-state index contributed by atoms with van der Waals surface area (Å²) in [5.74, 6) is 1.60. The van der Waals surface area contributed by atoms with Gasteiger partial charge in [-0.15, -0.1) is 0 Å². The molecule has 1 saturated heterocycles. The number of ether oxygens (including phenoxy) is 1. The zero-order valence-electron chi connectivity index (χ0n) is 20.8. The Morgan fingerprint density at radius 3 is 2.47 bits per heavy atom. The summed E-state index contributed by atoms with van der Waals surface area (Å²) in [5.41, 5.74) is 5.43. The fraction of sp³-hybridized carbons (Fsp3) is 0.571. The second-order valence-corrected chi connectivity index (χ2v) is 10.6. The zero-order valence-corrected chi connectivity index (χ0v) is 20.8. The first-order valence-electron chi connectivity index (χ1n) is 12.9. The minimum atomic E-state index is -0.343. The van der Waals surface area contributed by atoms with Crippen LogP contribution in [-0.2, 0) is 19.5 Å². The van der Waals surface area contributed by atoms with E-state index in [1.54, 1.807) is 0 Å². The van der Waals surface area contributed by atoms with Crippen LogP contribution in [0.3, 0.4) is 0 Å². The number of fused-ring (bicyclic) bond motifs is 2. The van der Waals surface area contributed by atoms with Crippen molar-refractivity contribution in [1.82, 2.24) is 14.7 Å². The molecule has 0 radical (unpaired) electrons. The van der Waals surface area contributed by atoms with Crippen molar-refractivity contribution in [1.29, 1.82) is 0 Å². The molecule has 1 fully saturated rings. The lowest BCUT2D eigenvalue weighted by Gasteiger charge is -2.32. The van der Waals surface area contributed by atoms with Crippen LogP contribution in [0, 0.1) is 5.92 Å². The average molecular weight is 465 g/mol. The topological polar surface area (TPSA) is 42.4 Å². The van der Waals surface area contributed by atoms with Crippen molar-refractivity contribution in [2.45, 2.75) is 32.0 Å². The third-order valence-electron chi connectivity index (χ3n) is 7.74. The lowest BCUT2D eigenvalue weighted by atomic mass is 10.00. The number of anilines is 1. The van der Waals surface area contributed by atoms with Crippen LogP contribution < -0.4 is 9.64 Å². The number of aliphatic hydroxyl groups excluding tert-OH is 1. The highest BCUT2D eigenvalue weighted by Gasteiger charge is 2.24. The summed E-state index contributed by atoms with van der Waals surface area (Å²) in [6.45, 7) is 9.29. The lowest BCUT2D eigenvalue weighted by molar-refractivity contribution is 0.0682. The van der Waals surface area contributed by atoms with E-state index in [4.69, 9.17) is 4.74 Å². The Morgan fingerprint density at radius 2 is 1.68 bits per heavy atom. The van der Waals surface area contributed by atoms with Crippen LogP contribution in [-0.4, -0.2) is 92.4 Å². The summed E-state index contributed by atoms with van der Waals surface area (Å²) in [5, 5.41) is 10.9. The molecule has 34 heavy (non-hydrogen) atoms. The van der Waals surface area contributed by atoms with Crippen molar-refractivity contribution in [2.75, 3.05) is 71.4 Å². The van der Waals surface area contributed by atoms with E-state index in [1.807, 2.05) is 0 Å². The monoisotopic (exact) mass is 464 g/mol. The van der Waals surface area contributed by atoms with Crippen molar-refractivity contribution in [3.63, 3.8) is 0 Å². The van der Waals surface area contributed by atoms with E-state index in [2.05, 4.69) is 76.2 Å². The molecule has 0 saturated carbocycles. The Morgan fingerprint density at radius 1 is 0.912 bits per heavy atom. The fourth-order valence-electron chi connectivity index (χ4n) is 5.75. The highest BCUT2D eigenvalue weighted by atomic mass is 16.5. The number of nitrogens with zero attached hydrogens (tertiary/aromatic N) is 4. The first-order chi connectivity index (χ1) is 16.5. The SMILES string of the molecule is CN1CCC(COc2ccc3c(c2)N(C)CCN(CC(O)CN2CCc4ccccc4C2)C3)C1. The highest BCUT2D eigenvalue weighted by Crippen LogP contribution is 2.29. The normalized spacial score (nSPS) is 22.8. The van der Waals surface area contributed by atoms with Crippen LogP contribution in [0.1, 0.15) is 23.1 Å². The second kappa shape index (κ2) is 10.6. The van der Waals surface area contributed by atoms with E-state index in [-0.39, 0.29) is 6.10 Å². The third kappa shape index (κ3) is 5.74. The molecule has 3 aliphatic rings. The van der Waals surface area contributed by atoms with Gasteiger partial charge >= 0.3 is 0 Å². The Bertz CT molecular complexity index is 967. The van der Waals surface area contributed by atoms with Gasteiger partial charge < -0.3 is 19.6 Å². The Balaban J connectivity index is 1.15. The molecule has 0 spiro atoms. The van der Waals surface area contributed by atoms with Gasteiger partial charge in [-0.25, -0.2) is 0 Å². The maximum Gasteiger partial charge on any atom is 0.121 e. The summed E-state index contributed by atoms with van der Waals surface area (Å²) in [6.07, 6.45) is 1.96. The average Bonchev–Trinajstić information content (AvgIpc) is 3.19. The number of hydrogen-bond donors (Lipinski definition) is 1. The van der Waals surface area contributed by atoms with Crippen LogP contribution in [0.25, 0.3) is 0 Å². The number of aliphatic hydroxyl groups is 1. The number of rotatable bonds is 7.